The number of hydrogen-bond donors (Lipinski definition) is 1. The summed E-state index contributed by atoms with van der Waals surface area (Å²) in [4.78, 5) is 0. The highest BCUT2D eigenvalue weighted by molar-refractivity contribution is 6.60. The van der Waals surface area contributed by atoms with Crippen molar-refractivity contribution in [3.05, 3.63) is 0 Å². The Bertz CT molecular complexity index is 398. The number of unbranched alkanes of at least 4 members (excludes halogenated alkanes) is 3. The van der Waals surface area contributed by atoms with E-state index in [0.29, 0.717) is 91.9 Å². The molecule has 0 heterocycles. The van der Waals surface area contributed by atoms with Gasteiger partial charge in [-0.25, -0.2) is 0 Å². The van der Waals surface area contributed by atoms with Crippen molar-refractivity contribution in [1.82, 2.24) is 0 Å². The maximum atomic E-state index is 6.23. The highest BCUT2D eigenvalue weighted by Crippen LogP contribution is 2.18. The van der Waals surface area contributed by atoms with Gasteiger partial charge in [-0.3, -0.25) is 0 Å². The Morgan fingerprint density at radius 3 is 0.974 bits per heavy atom. The molecule has 230 valence electrons. The van der Waals surface area contributed by atoms with Gasteiger partial charge in [0.25, 0.3) is 0 Å². The van der Waals surface area contributed by atoms with Crippen LogP contribution in [0.15, 0.2) is 0 Å². The minimum atomic E-state index is -2.99. The molecule has 38 heavy (non-hydrogen) atoms. The zero-order chi connectivity index (χ0) is 27.8. The van der Waals surface area contributed by atoms with Gasteiger partial charge in [-0.2, -0.15) is 0 Å². The molecular weight excluding hydrogens is 510 g/mol. The predicted octanol–water partition coefficient (Wildman–Crippen LogP) is 3.82. The standard InChI is InChI=1S/C27H59NO9Si/c1-4-7-12-29-15-18-32-21-24-35-38(27-10-11-28,36-25-22-33-19-16-30-13-8-5-2)37-26-23-34-20-17-31-14-9-6-3/h4-28H2,1-3H3. The topological polar surface area (TPSA) is 109 Å². The second-order valence-corrected chi connectivity index (χ2v) is 11.6. The lowest BCUT2D eigenvalue weighted by Crippen LogP contribution is -2.48. The molecule has 0 radical (unpaired) electrons. The molecule has 0 aliphatic heterocycles. The highest BCUT2D eigenvalue weighted by Gasteiger charge is 2.40. The van der Waals surface area contributed by atoms with Crippen molar-refractivity contribution in [3.8, 4) is 0 Å². The minimum Gasteiger partial charge on any atom is -0.379 e. The Morgan fingerprint density at radius 2 is 0.684 bits per heavy atom. The summed E-state index contributed by atoms with van der Waals surface area (Å²) in [7, 11) is -2.99. The summed E-state index contributed by atoms with van der Waals surface area (Å²) in [6.07, 6.45) is 7.32. The van der Waals surface area contributed by atoms with Crippen LogP contribution in [0.3, 0.4) is 0 Å². The molecule has 0 aliphatic rings. The van der Waals surface area contributed by atoms with E-state index in [1.165, 1.54) is 0 Å². The van der Waals surface area contributed by atoms with E-state index >= 15 is 0 Å². The molecule has 11 heteroatoms. The van der Waals surface area contributed by atoms with Crippen molar-refractivity contribution >= 4 is 8.80 Å². The fourth-order valence-corrected chi connectivity index (χ4v) is 5.64. The molecule has 2 N–H and O–H groups in total. The van der Waals surface area contributed by atoms with Crippen LogP contribution >= 0.6 is 0 Å². The van der Waals surface area contributed by atoms with Gasteiger partial charge in [0, 0.05) is 25.9 Å². The van der Waals surface area contributed by atoms with Gasteiger partial charge < -0.3 is 47.4 Å². The first-order valence-electron chi connectivity index (χ1n) is 14.8. The number of nitrogens with two attached hydrogens (primary N) is 1. The quantitative estimate of drug-likeness (QED) is 0.0925. The molecule has 0 unspecified atom stereocenters. The van der Waals surface area contributed by atoms with E-state index in [1.54, 1.807) is 0 Å². The van der Waals surface area contributed by atoms with Crippen molar-refractivity contribution < 1.29 is 41.7 Å². The summed E-state index contributed by atoms with van der Waals surface area (Å²) < 4.78 is 52.3. The Labute approximate surface area is 233 Å². The van der Waals surface area contributed by atoms with Gasteiger partial charge in [-0.05, 0) is 32.2 Å². The van der Waals surface area contributed by atoms with Crippen molar-refractivity contribution in [3.63, 3.8) is 0 Å². The van der Waals surface area contributed by atoms with Crippen molar-refractivity contribution in [2.45, 2.75) is 71.8 Å². The van der Waals surface area contributed by atoms with Crippen LogP contribution < -0.4 is 5.73 Å². The molecule has 0 aromatic carbocycles. The minimum absolute atomic E-state index is 0.379. The molecule has 0 bridgehead atoms. The molecule has 10 nitrogen and oxygen atoms in total. The summed E-state index contributed by atoms with van der Waals surface area (Å²) in [5.74, 6) is 0. The lowest BCUT2D eigenvalue weighted by atomic mass is 10.4. The largest absolute Gasteiger partial charge is 0.501 e. The zero-order valence-corrected chi connectivity index (χ0v) is 25.7. The van der Waals surface area contributed by atoms with Crippen LogP contribution in [0.5, 0.6) is 0 Å². The van der Waals surface area contributed by atoms with Gasteiger partial charge >= 0.3 is 8.80 Å². The first-order valence-corrected chi connectivity index (χ1v) is 16.8. The Balaban J connectivity index is 4.49. The Morgan fingerprint density at radius 1 is 0.395 bits per heavy atom. The van der Waals surface area contributed by atoms with Gasteiger partial charge in [0.15, 0.2) is 0 Å². The molecule has 0 saturated carbocycles. The Kier molecular flexibility index (Phi) is 31.2. The molecular formula is C27H59NO9Si. The normalized spacial score (nSPS) is 12.0. The zero-order valence-electron chi connectivity index (χ0n) is 24.7. The van der Waals surface area contributed by atoms with E-state index in [0.717, 1.165) is 64.8 Å². The molecule has 0 aromatic heterocycles. The van der Waals surface area contributed by atoms with E-state index in [4.69, 9.17) is 47.4 Å². The summed E-state index contributed by atoms with van der Waals surface area (Å²) >= 11 is 0. The molecule has 0 spiro atoms. The summed E-state index contributed by atoms with van der Waals surface area (Å²) in [5, 5.41) is 0. The van der Waals surface area contributed by atoms with Crippen LogP contribution in [0.25, 0.3) is 0 Å². The van der Waals surface area contributed by atoms with Gasteiger partial charge in [0.05, 0.1) is 79.3 Å². The number of rotatable bonds is 33. The van der Waals surface area contributed by atoms with E-state index in [1.807, 2.05) is 0 Å². The third-order valence-electron chi connectivity index (χ3n) is 5.38. The average Bonchev–Trinajstić information content (AvgIpc) is 2.93. The third kappa shape index (κ3) is 26.1. The van der Waals surface area contributed by atoms with Crippen LogP contribution in [0, 0.1) is 0 Å². The molecule has 0 saturated heterocycles. The molecule has 0 aliphatic carbocycles. The monoisotopic (exact) mass is 569 g/mol. The van der Waals surface area contributed by atoms with Gasteiger partial charge in [0.1, 0.15) is 0 Å². The second kappa shape index (κ2) is 31.3. The van der Waals surface area contributed by atoms with Crippen LogP contribution in [0.2, 0.25) is 6.04 Å². The lowest BCUT2D eigenvalue weighted by molar-refractivity contribution is -0.0162. The van der Waals surface area contributed by atoms with Crippen LogP contribution in [-0.4, -0.2) is 114 Å². The van der Waals surface area contributed by atoms with Gasteiger partial charge in [-0.15, -0.1) is 0 Å². The smallest absolute Gasteiger partial charge is 0.379 e. The molecule has 0 rings (SSSR count). The van der Waals surface area contributed by atoms with E-state index in [-0.39, 0.29) is 0 Å². The van der Waals surface area contributed by atoms with Crippen LogP contribution in [0.1, 0.15) is 65.7 Å². The maximum absolute atomic E-state index is 6.23. The number of hydrogen-bond acceptors (Lipinski definition) is 10. The molecule has 0 aromatic rings. The Hall–Kier alpha value is -0.183. The average molecular weight is 570 g/mol. The SMILES string of the molecule is CCCCOCCOCCO[Si](CCCN)(OCCOCCOCCCC)OCCOCCOCCCC. The summed E-state index contributed by atoms with van der Waals surface area (Å²) in [5.41, 5.74) is 5.81. The first-order chi connectivity index (χ1) is 18.7. The van der Waals surface area contributed by atoms with Gasteiger partial charge in [-0.1, -0.05) is 40.0 Å². The van der Waals surface area contributed by atoms with Crippen LogP contribution in [-0.2, 0) is 41.7 Å². The molecule has 0 amide bonds. The fourth-order valence-electron chi connectivity index (χ4n) is 3.13. The van der Waals surface area contributed by atoms with Crippen molar-refractivity contribution in [1.29, 1.82) is 0 Å². The van der Waals surface area contributed by atoms with E-state index in [2.05, 4.69) is 20.8 Å². The highest BCUT2D eigenvalue weighted by atomic mass is 28.4. The van der Waals surface area contributed by atoms with Crippen molar-refractivity contribution in [2.24, 2.45) is 5.73 Å². The van der Waals surface area contributed by atoms with Crippen LogP contribution in [0.4, 0.5) is 0 Å². The summed E-state index contributed by atoms with van der Waals surface area (Å²) in [6.45, 7) is 15.1. The summed E-state index contributed by atoms with van der Waals surface area (Å²) in [6, 6.07) is 0.629. The second-order valence-electron chi connectivity index (χ2n) is 8.86. The van der Waals surface area contributed by atoms with Gasteiger partial charge in [0.2, 0.25) is 0 Å². The fraction of sp³-hybridized carbons (Fsp3) is 1.00. The first kappa shape index (κ1) is 37.8. The molecule has 0 fully saturated rings. The third-order valence-corrected chi connectivity index (χ3v) is 8.28. The van der Waals surface area contributed by atoms with Crippen molar-refractivity contribution in [2.75, 3.05) is 106 Å². The van der Waals surface area contributed by atoms with E-state index < -0.39 is 8.80 Å². The number of ether oxygens (including phenoxy) is 6. The predicted molar refractivity (Wildman–Crippen MR) is 152 cm³/mol. The molecule has 0 atom stereocenters. The maximum Gasteiger partial charge on any atom is 0.501 e. The lowest BCUT2D eigenvalue weighted by Gasteiger charge is -2.30. The van der Waals surface area contributed by atoms with E-state index in [9.17, 15) is 0 Å².